The number of amides is 1. The maximum absolute atomic E-state index is 10.7. The van der Waals surface area contributed by atoms with Crippen molar-refractivity contribution >= 4 is 40.1 Å². The highest BCUT2D eigenvalue weighted by atomic mass is 35.5. The van der Waals surface area contributed by atoms with Crippen LogP contribution in [0.5, 0.6) is 0 Å². The molecule has 3 aromatic rings. The summed E-state index contributed by atoms with van der Waals surface area (Å²) >= 11 is 11.3. The molecule has 3 rings (SSSR count). The van der Waals surface area contributed by atoms with Crippen molar-refractivity contribution in [2.24, 2.45) is 5.73 Å². The third-order valence-electron chi connectivity index (χ3n) is 2.54. The minimum absolute atomic E-state index is 0.177. The molecule has 2 aromatic carbocycles. The second kappa shape index (κ2) is 6.41. The van der Waals surface area contributed by atoms with Crippen molar-refractivity contribution in [2.75, 3.05) is 0 Å². The lowest BCUT2D eigenvalue weighted by Gasteiger charge is -2.00. The monoisotopic (exact) mass is 307 g/mol. The molecule has 20 heavy (non-hydrogen) atoms. The van der Waals surface area contributed by atoms with Crippen molar-refractivity contribution < 1.29 is 4.79 Å². The first-order valence-electron chi connectivity index (χ1n) is 5.71. The van der Waals surface area contributed by atoms with Crippen LogP contribution in [0.4, 0.5) is 0 Å². The van der Waals surface area contributed by atoms with Gasteiger partial charge in [0, 0.05) is 0 Å². The molecule has 6 heteroatoms. The van der Waals surface area contributed by atoms with Gasteiger partial charge < -0.3 is 10.7 Å². The number of hydrogen-bond acceptors (Lipinski definition) is 2. The topological polar surface area (TPSA) is 71.8 Å². The zero-order chi connectivity index (χ0) is 14.5. The van der Waals surface area contributed by atoms with Crippen LogP contribution in [0.25, 0.3) is 11.0 Å². The van der Waals surface area contributed by atoms with Gasteiger partial charge in [-0.15, -0.1) is 0 Å². The Morgan fingerprint density at radius 3 is 2.25 bits per heavy atom. The number of imidazole rings is 1. The molecule has 0 saturated carbocycles. The fourth-order valence-electron chi connectivity index (χ4n) is 1.61. The number of primary amides is 1. The highest BCUT2D eigenvalue weighted by molar-refractivity contribution is 6.39. The van der Waals surface area contributed by atoms with Crippen molar-refractivity contribution in [3.05, 3.63) is 64.4 Å². The van der Waals surface area contributed by atoms with E-state index in [1.54, 1.807) is 24.5 Å². The van der Waals surface area contributed by atoms with Gasteiger partial charge in [0.25, 0.3) is 5.91 Å². The average Bonchev–Trinajstić information content (AvgIpc) is 2.87. The number of H-pyrrole nitrogens is 1. The maximum Gasteiger partial charge on any atom is 0.251 e. The van der Waals surface area contributed by atoms with E-state index in [0.29, 0.717) is 0 Å². The first-order valence-corrected chi connectivity index (χ1v) is 6.47. The van der Waals surface area contributed by atoms with Crippen LogP contribution >= 0.6 is 23.2 Å². The summed E-state index contributed by atoms with van der Waals surface area (Å²) in [4.78, 5) is 17.8. The number of rotatable bonds is 1. The van der Waals surface area contributed by atoms with Crippen molar-refractivity contribution in [3.63, 3.8) is 0 Å². The Kier molecular flexibility index (Phi) is 4.61. The van der Waals surface area contributed by atoms with Crippen LogP contribution in [0.2, 0.25) is 10.0 Å². The van der Waals surface area contributed by atoms with E-state index in [2.05, 4.69) is 9.97 Å². The Morgan fingerprint density at radius 2 is 1.70 bits per heavy atom. The van der Waals surface area contributed by atoms with E-state index >= 15 is 0 Å². The lowest BCUT2D eigenvalue weighted by Crippen LogP contribution is -2.12. The standard InChI is InChI=1S/C7H5Cl2NO.C7H6N2/c8-4-2-1-3-5(9)6(4)7(10)11;1-2-4-7-6(3-1)8-5-9-7/h1-3H,(H2,10,11);1-5H,(H,8,9). The summed E-state index contributed by atoms with van der Waals surface area (Å²) < 4.78 is 0. The van der Waals surface area contributed by atoms with Gasteiger partial charge in [0.05, 0.1) is 33.0 Å². The molecule has 0 aliphatic heterocycles. The van der Waals surface area contributed by atoms with Gasteiger partial charge in [-0.1, -0.05) is 41.4 Å². The van der Waals surface area contributed by atoms with Gasteiger partial charge in [-0.25, -0.2) is 4.98 Å². The Balaban J connectivity index is 0.000000149. The molecule has 0 spiro atoms. The number of hydrogen-bond donors (Lipinski definition) is 2. The number of nitrogens with zero attached hydrogens (tertiary/aromatic N) is 1. The third kappa shape index (κ3) is 3.29. The van der Waals surface area contributed by atoms with Gasteiger partial charge in [0.2, 0.25) is 0 Å². The predicted octanol–water partition coefficient (Wildman–Crippen LogP) is 3.66. The number of aromatic nitrogens is 2. The van der Waals surface area contributed by atoms with E-state index in [4.69, 9.17) is 28.9 Å². The molecule has 0 saturated heterocycles. The van der Waals surface area contributed by atoms with Crippen molar-refractivity contribution in [1.82, 2.24) is 9.97 Å². The molecule has 0 bridgehead atoms. The second-order valence-corrected chi connectivity index (χ2v) is 4.69. The summed E-state index contributed by atoms with van der Waals surface area (Å²) in [6.07, 6.45) is 1.70. The molecule has 4 nitrogen and oxygen atoms in total. The summed E-state index contributed by atoms with van der Waals surface area (Å²) in [5.74, 6) is -0.611. The number of nitrogens with one attached hydrogen (secondary N) is 1. The molecular formula is C14H11Cl2N3O. The SMILES string of the molecule is NC(=O)c1c(Cl)cccc1Cl.c1ccc2[nH]cnc2c1. The Labute approximate surface area is 125 Å². The lowest BCUT2D eigenvalue weighted by molar-refractivity contribution is 0.100. The van der Waals surface area contributed by atoms with Crippen LogP contribution in [0.3, 0.4) is 0 Å². The quantitative estimate of drug-likeness (QED) is 0.720. The van der Waals surface area contributed by atoms with Gasteiger partial charge in [-0.2, -0.15) is 0 Å². The zero-order valence-electron chi connectivity index (χ0n) is 10.3. The van der Waals surface area contributed by atoms with Gasteiger partial charge in [0.1, 0.15) is 0 Å². The summed E-state index contributed by atoms with van der Waals surface area (Å²) in [7, 11) is 0. The number of carbonyl (C=O) groups is 1. The van der Waals surface area contributed by atoms with Crippen LogP contribution in [-0.4, -0.2) is 15.9 Å². The highest BCUT2D eigenvalue weighted by Gasteiger charge is 2.09. The van der Waals surface area contributed by atoms with E-state index in [1.165, 1.54) is 0 Å². The first kappa shape index (κ1) is 14.4. The molecule has 0 unspecified atom stereocenters. The summed E-state index contributed by atoms with van der Waals surface area (Å²) in [5.41, 5.74) is 7.30. The zero-order valence-corrected chi connectivity index (χ0v) is 11.8. The fourth-order valence-corrected chi connectivity index (χ4v) is 2.20. The molecular weight excluding hydrogens is 297 g/mol. The smallest absolute Gasteiger partial charge is 0.251 e. The highest BCUT2D eigenvalue weighted by Crippen LogP contribution is 2.23. The molecule has 0 radical (unpaired) electrons. The first-order chi connectivity index (χ1) is 9.59. The number of halogens is 2. The maximum atomic E-state index is 10.7. The van der Waals surface area contributed by atoms with Crippen LogP contribution in [0.15, 0.2) is 48.8 Å². The summed E-state index contributed by atoms with van der Waals surface area (Å²) in [6.45, 7) is 0. The largest absolute Gasteiger partial charge is 0.366 e. The van der Waals surface area contributed by atoms with Crippen LogP contribution in [0, 0.1) is 0 Å². The molecule has 102 valence electrons. The lowest BCUT2D eigenvalue weighted by atomic mass is 10.2. The Bertz CT molecular complexity index is 690. The Hall–Kier alpha value is -2.04. The van der Waals surface area contributed by atoms with Crippen LogP contribution in [0.1, 0.15) is 10.4 Å². The molecule has 3 N–H and O–H groups in total. The predicted molar refractivity (Wildman–Crippen MR) is 81.1 cm³/mol. The molecule has 0 fully saturated rings. The number of carbonyl (C=O) groups excluding carboxylic acids is 1. The number of fused-ring (bicyclic) bond motifs is 1. The van der Waals surface area contributed by atoms with Gasteiger partial charge in [-0.05, 0) is 24.3 Å². The van der Waals surface area contributed by atoms with Gasteiger partial charge in [-0.3, -0.25) is 4.79 Å². The van der Waals surface area contributed by atoms with Crippen molar-refractivity contribution in [1.29, 1.82) is 0 Å². The molecule has 1 amide bonds. The number of para-hydroxylation sites is 2. The van der Waals surface area contributed by atoms with E-state index in [0.717, 1.165) is 11.0 Å². The molecule has 1 aromatic heterocycles. The molecule has 0 atom stereocenters. The molecule has 0 aliphatic rings. The van der Waals surface area contributed by atoms with E-state index in [-0.39, 0.29) is 15.6 Å². The van der Waals surface area contributed by atoms with Gasteiger partial charge >= 0.3 is 0 Å². The number of benzene rings is 2. The van der Waals surface area contributed by atoms with Crippen molar-refractivity contribution in [3.8, 4) is 0 Å². The number of nitrogens with two attached hydrogens (primary N) is 1. The Morgan fingerprint density at radius 1 is 1.05 bits per heavy atom. The van der Waals surface area contributed by atoms with Crippen molar-refractivity contribution in [2.45, 2.75) is 0 Å². The minimum Gasteiger partial charge on any atom is -0.366 e. The van der Waals surface area contributed by atoms with Crippen LogP contribution in [-0.2, 0) is 0 Å². The van der Waals surface area contributed by atoms with E-state index in [1.807, 2.05) is 24.3 Å². The fraction of sp³-hybridized carbons (Fsp3) is 0. The number of aromatic amines is 1. The average molecular weight is 308 g/mol. The molecule has 0 aliphatic carbocycles. The second-order valence-electron chi connectivity index (χ2n) is 3.88. The minimum atomic E-state index is -0.611. The van der Waals surface area contributed by atoms with E-state index in [9.17, 15) is 4.79 Å². The normalized spacial score (nSPS) is 9.90. The summed E-state index contributed by atoms with van der Waals surface area (Å²) in [5, 5.41) is 0.565. The molecule has 1 heterocycles. The summed E-state index contributed by atoms with van der Waals surface area (Å²) in [6, 6.07) is 12.7. The third-order valence-corrected chi connectivity index (χ3v) is 3.17. The van der Waals surface area contributed by atoms with E-state index < -0.39 is 5.91 Å². The van der Waals surface area contributed by atoms with Crippen LogP contribution < -0.4 is 5.73 Å². The van der Waals surface area contributed by atoms with Gasteiger partial charge in [0.15, 0.2) is 0 Å².